The Morgan fingerprint density at radius 1 is 1.17 bits per heavy atom. The molecule has 0 amide bonds. The van der Waals surface area contributed by atoms with Gasteiger partial charge in [-0.2, -0.15) is 0 Å². The molecule has 1 heterocycles. The van der Waals surface area contributed by atoms with E-state index < -0.39 is 0 Å². The average molecular weight is 280 g/mol. The largest absolute Gasteiger partial charge is 0.497 e. The number of rotatable bonds is 4. The first kappa shape index (κ1) is 12.9. The Morgan fingerprint density at radius 3 is 2.50 bits per heavy atom. The molecule has 0 saturated carbocycles. The molecule has 1 aromatic heterocycles. The first-order valence-corrected chi connectivity index (χ1v) is 6.40. The number of benzene rings is 1. The number of aromatic amines is 1. The van der Waals surface area contributed by atoms with Gasteiger partial charge in [0, 0.05) is 4.90 Å². The molecule has 94 valence electrons. The maximum Gasteiger partial charge on any atom is 0.197 e. The zero-order valence-corrected chi connectivity index (χ0v) is 11.6. The van der Waals surface area contributed by atoms with Gasteiger partial charge in [0.05, 0.1) is 20.4 Å². The van der Waals surface area contributed by atoms with E-state index in [9.17, 15) is 0 Å². The minimum absolute atomic E-state index is 0.437. The third-order valence-electron chi connectivity index (χ3n) is 2.24. The first-order chi connectivity index (χ1) is 8.72. The second-order valence-electron chi connectivity index (χ2n) is 3.36. The number of hydrogen-bond acceptors (Lipinski definition) is 5. The van der Waals surface area contributed by atoms with Crippen LogP contribution in [0.3, 0.4) is 0 Å². The number of nitrogens with zero attached hydrogens (tertiary/aromatic N) is 1. The van der Waals surface area contributed by atoms with Crippen LogP contribution in [0.5, 0.6) is 11.5 Å². The highest BCUT2D eigenvalue weighted by molar-refractivity contribution is 7.99. The summed E-state index contributed by atoms with van der Waals surface area (Å²) in [5.74, 6) is 1.50. The van der Waals surface area contributed by atoms with Crippen molar-refractivity contribution in [3.63, 3.8) is 0 Å². The van der Waals surface area contributed by atoms with E-state index in [-0.39, 0.29) is 0 Å². The number of H-pyrrole nitrogens is 1. The van der Waals surface area contributed by atoms with Crippen molar-refractivity contribution >= 4 is 24.0 Å². The molecule has 4 nitrogen and oxygen atoms in total. The van der Waals surface area contributed by atoms with E-state index in [0.717, 1.165) is 15.7 Å². The second-order valence-corrected chi connectivity index (χ2v) is 4.83. The van der Waals surface area contributed by atoms with E-state index in [1.165, 1.54) is 11.8 Å². The molecule has 0 atom stereocenters. The highest BCUT2D eigenvalue weighted by Crippen LogP contribution is 2.33. The summed E-state index contributed by atoms with van der Waals surface area (Å²) in [6, 6.07) is 7.76. The van der Waals surface area contributed by atoms with Gasteiger partial charge in [0.1, 0.15) is 10.8 Å². The molecule has 0 saturated heterocycles. The molecule has 6 heteroatoms. The lowest BCUT2D eigenvalue weighted by Gasteiger charge is -2.07. The van der Waals surface area contributed by atoms with Gasteiger partial charge in [-0.25, -0.2) is 4.98 Å². The van der Waals surface area contributed by atoms with E-state index in [0.29, 0.717) is 10.5 Å². The Kier molecular flexibility index (Phi) is 4.22. The maximum absolute atomic E-state index is 5.23. The third kappa shape index (κ3) is 3.02. The first-order valence-electron chi connectivity index (χ1n) is 5.18. The molecule has 0 bridgehead atoms. The van der Waals surface area contributed by atoms with E-state index in [2.05, 4.69) is 9.97 Å². The molecular weight excluding hydrogens is 268 g/mol. The average Bonchev–Trinajstić information content (AvgIpc) is 2.40. The summed E-state index contributed by atoms with van der Waals surface area (Å²) >= 11 is 6.54. The molecule has 0 spiro atoms. The summed E-state index contributed by atoms with van der Waals surface area (Å²) in [4.78, 5) is 8.06. The van der Waals surface area contributed by atoms with Crippen molar-refractivity contribution in [2.24, 2.45) is 0 Å². The quantitative estimate of drug-likeness (QED) is 0.687. The van der Waals surface area contributed by atoms with Crippen molar-refractivity contribution in [2.45, 2.75) is 9.92 Å². The molecule has 2 aromatic rings. The SMILES string of the molecule is COc1ccc(Sc2[nH]c(=S)ncc2OC)cc1. The fraction of sp³-hybridized carbons (Fsp3) is 0.167. The minimum Gasteiger partial charge on any atom is -0.497 e. The van der Waals surface area contributed by atoms with E-state index in [4.69, 9.17) is 21.7 Å². The molecule has 0 radical (unpaired) electrons. The minimum atomic E-state index is 0.437. The molecular formula is C12H12N2O2S2. The smallest absolute Gasteiger partial charge is 0.197 e. The second kappa shape index (κ2) is 5.88. The third-order valence-corrected chi connectivity index (χ3v) is 3.47. The highest BCUT2D eigenvalue weighted by atomic mass is 32.2. The van der Waals surface area contributed by atoms with Crippen molar-refractivity contribution in [2.75, 3.05) is 14.2 Å². The van der Waals surface area contributed by atoms with E-state index in [1.807, 2.05) is 24.3 Å². The van der Waals surface area contributed by atoms with E-state index >= 15 is 0 Å². The summed E-state index contributed by atoms with van der Waals surface area (Å²) in [6.45, 7) is 0. The summed E-state index contributed by atoms with van der Waals surface area (Å²) in [5, 5.41) is 0.836. The molecule has 1 N–H and O–H groups in total. The van der Waals surface area contributed by atoms with Crippen LogP contribution in [0.15, 0.2) is 40.4 Å². The summed E-state index contributed by atoms with van der Waals surface area (Å²) in [7, 11) is 3.25. The van der Waals surface area contributed by atoms with Gasteiger partial charge >= 0.3 is 0 Å². The van der Waals surface area contributed by atoms with E-state index in [1.54, 1.807) is 20.4 Å². The molecule has 0 aliphatic carbocycles. The molecule has 0 aliphatic heterocycles. The van der Waals surface area contributed by atoms with Crippen molar-refractivity contribution < 1.29 is 9.47 Å². The van der Waals surface area contributed by atoms with Crippen LogP contribution >= 0.6 is 24.0 Å². The topological polar surface area (TPSA) is 47.1 Å². The van der Waals surface area contributed by atoms with Gasteiger partial charge in [-0.3, -0.25) is 0 Å². The lowest BCUT2D eigenvalue weighted by atomic mass is 10.3. The van der Waals surface area contributed by atoms with Gasteiger partial charge in [0.2, 0.25) is 0 Å². The van der Waals surface area contributed by atoms with Gasteiger partial charge in [-0.1, -0.05) is 11.8 Å². The zero-order valence-electron chi connectivity index (χ0n) is 9.97. The lowest BCUT2D eigenvalue weighted by molar-refractivity contribution is 0.398. The molecule has 0 aliphatic rings. The Morgan fingerprint density at radius 2 is 1.89 bits per heavy atom. The Labute approximate surface area is 114 Å². The van der Waals surface area contributed by atoms with Crippen LogP contribution in [0.25, 0.3) is 0 Å². The van der Waals surface area contributed by atoms with Gasteiger partial charge < -0.3 is 14.5 Å². The standard InChI is InChI=1S/C12H12N2O2S2/c1-15-8-3-5-9(6-4-8)18-11-10(16-2)7-13-12(17)14-11/h3-7H,1-2H3,(H,13,14,17). The van der Waals surface area contributed by atoms with Gasteiger partial charge in [-0.05, 0) is 36.5 Å². The number of aromatic nitrogens is 2. The normalized spacial score (nSPS) is 10.1. The molecule has 2 rings (SSSR count). The summed E-state index contributed by atoms with van der Waals surface area (Å²) in [5.41, 5.74) is 0. The highest BCUT2D eigenvalue weighted by Gasteiger charge is 2.06. The predicted octanol–water partition coefficient (Wildman–Crippen LogP) is 3.31. The molecule has 0 unspecified atom stereocenters. The Bertz CT molecular complexity index is 581. The van der Waals surface area contributed by atoms with Crippen LogP contribution in [0.2, 0.25) is 0 Å². The fourth-order valence-electron chi connectivity index (χ4n) is 1.35. The molecule has 0 fully saturated rings. The van der Waals surface area contributed by atoms with Crippen molar-refractivity contribution in [3.8, 4) is 11.5 Å². The van der Waals surface area contributed by atoms with Crippen molar-refractivity contribution in [1.29, 1.82) is 0 Å². The number of ether oxygens (including phenoxy) is 2. The van der Waals surface area contributed by atoms with Crippen LogP contribution in [-0.4, -0.2) is 24.2 Å². The number of methoxy groups -OCH3 is 2. The van der Waals surface area contributed by atoms with Crippen molar-refractivity contribution in [1.82, 2.24) is 9.97 Å². The van der Waals surface area contributed by atoms with Crippen LogP contribution in [0.1, 0.15) is 0 Å². The molecule has 18 heavy (non-hydrogen) atoms. The Balaban J connectivity index is 2.27. The van der Waals surface area contributed by atoms with Gasteiger partial charge in [0.15, 0.2) is 10.5 Å². The predicted molar refractivity (Wildman–Crippen MR) is 73.1 cm³/mol. The number of hydrogen-bond donors (Lipinski definition) is 1. The van der Waals surface area contributed by atoms with Crippen molar-refractivity contribution in [3.05, 3.63) is 35.2 Å². The van der Waals surface area contributed by atoms with Crippen LogP contribution in [0, 0.1) is 4.77 Å². The van der Waals surface area contributed by atoms with Crippen LogP contribution < -0.4 is 9.47 Å². The fourth-order valence-corrected chi connectivity index (χ4v) is 2.46. The monoisotopic (exact) mass is 280 g/mol. The Hall–Kier alpha value is -1.53. The zero-order chi connectivity index (χ0) is 13.0. The summed E-state index contributed by atoms with van der Waals surface area (Å²) < 4.78 is 10.8. The number of nitrogens with one attached hydrogen (secondary N) is 1. The molecule has 1 aromatic carbocycles. The lowest BCUT2D eigenvalue weighted by Crippen LogP contribution is -1.92. The van der Waals surface area contributed by atoms with Gasteiger partial charge in [0.25, 0.3) is 0 Å². The van der Waals surface area contributed by atoms with Crippen LogP contribution in [-0.2, 0) is 0 Å². The van der Waals surface area contributed by atoms with Gasteiger partial charge in [-0.15, -0.1) is 0 Å². The summed E-state index contributed by atoms with van der Waals surface area (Å²) in [6.07, 6.45) is 1.62. The maximum atomic E-state index is 5.23. The van der Waals surface area contributed by atoms with Crippen LogP contribution in [0.4, 0.5) is 0 Å².